The molecule has 0 aliphatic carbocycles. The molecule has 0 radical (unpaired) electrons. The normalized spacial score (nSPS) is 11.6. The predicted molar refractivity (Wildman–Crippen MR) is 86.0 cm³/mol. The molecule has 0 unspecified atom stereocenters. The topological polar surface area (TPSA) is 67.2 Å². The molecule has 23 heavy (non-hydrogen) atoms. The Morgan fingerprint density at radius 1 is 1.30 bits per heavy atom. The van der Waals surface area contributed by atoms with E-state index < -0.39 is 5.54 Å². The van der Waals surface area contributed by atoms with Gasteiger partial charge in [-0.3, -0.25) is 4.79 Å². The van der Waals surface area contributed by atoms with Crippen molar-refractivity contribution in [3.63, 3.8) is 0 Å². The van der Waals surface area contributed by atoms with Crippen LogP contribution in [-0.4, -0.2) is 32.9 Å². The number of benzene rings is 1. The summed E-state index contributed by atoms with van der Waals surface area (Å²) < 4.78 is 14.8. The second-order valence-corrected chi connectivity index (χ2v) is 6.30. The van der Waals surface area contributed by atoms with Gasteiger partial charge in [-0.25, -0.2) is 9.07 Å². The van der Waals surface area contributed by atoms with Crippen LogP contribution in [0.1, 0.15) is 30.8 Å². The highest BCUT2D eigenvalue weighted by Crippen LogP contribution is 2.19. The Morgan fingerprint density at radius 2 is 1.91 bits per heavy atom. The lowest BCUT2D eigenvalue weighted by molar-refractivity contribution is -0.122. The van der Waals surface area contributed by atoms with E-state index in [2.05, 4.69) is 10.4 Å². The van der Waals surface area contributed by atoms with E-state index in [4.69, 9.17) is 0 Å². The molecule has 2 rings (SSSR count). The molecule has 1 aromatic heterocycles. The van der Waals surface area contributed by atoms with Crippen LogP contribution in [0.15, 0.2) is 24.3 Å². The van der Waals surface area contributed by atoms with Crippen molar-refractivity contribution >= 4 is 5.91 Å². The monoisotopic (exact) mass is 319 g/mol. The van der Waals surface area contributed by atoms with Crippen LogP contribution in [0.3, 0.4) is 0 Å². The van der Waals surface area contributed by atoms with Crippen molar-refractivity contribution in [2.24, 2.45) is 0 Å². The summed E-state index contributed by atoms with van der Waals surface area (Å²) in [4.78, 5) is 12.2. The third kappa shape index (κ3) is 3.96. The van der Waals surface area contributed by atoms with Crippen LogP contribution < -0.4 is 5.32 Å². The van der Waals surface area contributed by atoms with E-state index in [0.717, 1.165) is 22.6 Å². The number of amides is 1. The molecular formula is C17H22FN3O2. The van der Waals surface area contributed by atoms with Crippen LogP contribution >= 0.6 is 0 Å². The second kappa shape index (κ2) is 6.50. The van der Waals surface area contributed by atoms with Gasteiger partial charge in [0.05, 0.1) is 29.9 Å². The van der Waals surface area contributed by atoms with Crippen LogP contribution in [0, 0.1) is 19.7 Å². The molecule has 0 aliphatic heterocycles. The zero-order valence-corrected chi connectivity index (χ0v) is 13.9. The third-order valence-corrected chi connectivity index (χ3v) is 3.72. The van der Waals surface area contributed by atoms with Crippen LogP contribution in [0.4, 0.5) is 4.39 Å². The van der Waals surface area contributed by atoms with Gasteiger partial charge in [0.1, 0.15) is 5.82 Å². The third-order valence-electron chi connectivity index (χ3n) is 3.72. The van der Waals surface area contributed by atoms with Gasteiger partial charge in [-0.05, 0) is 52.0 Å². The van der Waals surface area contributed by atoms with Gasteiger partial charge in [0.25, 0.3) is 0 Å². The Bertz CT molecular complexity index is 705. The van der Waals surface area contributed by atoms with E-state index in [0.29, 0.717) is 0 Å². The van der Waals surface area contributed by atoms with Crippen molar-refractivity contribution in [2.45, 2.75) is 39.7 Å². The lowest BCUT2D eigenvalue weighted by atomic mass is 10.1. The molecule has 2 aromatic rings. The molecule has 1 amide bonds. The number of rotatable bonds is 5. The van der Waals surface area contributed by atoms with E-state index in [1.807, 2.05) is 13.8 Å². The number of hydrogen-bond acceptors (Lipinski definition) is 3. The first-order valence-corrected chi connectivity index (χ1v) is 7.46. The molecule has 5 nitrogen and oxygen atoms in total. The van der Waals surface area contributed by atoms with E-state index in [-0.39, 0.29) is 24.8 Å². The maximum absolute atomic E-state index is 13.0. The van der Waals surface area contributed by atoms with Gasteiger partial charge in [0, 0.05) is 11.3 Å². The minimum Gasteiger partial charge on any atom is -0.394 e. The summed E-state index contributed by atoms with van der Waals surface area (Å²) in [6.45, 7) is 7.10. The van der Waals surface area contributed by atoms with Gasteiger partial charge in [-0.15, -0.1) is 0 Å². The summed E-state index contributed by atoms with van der Waals surface area (Å²) in [7, 11) is 0. The highest BCUT2D eigenvalue weighted by Gasteiger charge is 2.21. The standard InChI is InChI=1S/C17H22FN3O2/c1-11-15(9-16(23)19-17(3,4)10-22)12(2)21(20-11)14-7-5-13(18)6-8-14/h5-8,22H,9-10H2,1-4H3,(H,19,23). The number of aromatic nitrogens is 2. The van der Waals surface area contributed by atoms with Crippen molar-refractivity contribution in [1.82, 2.24) is 15.1 Å². The SMILES string of the molecule is Cc1nn(-c2ccc(F)cc2)c(C)c1CC(=O)NC(C)(C)CO. The maximum Gasteiger partial charge on any atom is 0.225 e. The molecule has 0 bridgehead atoms. The van der Waals surface area contributed by atoms with Crippen molar-refractivity contribution < 1.29 is 14.3 Å². The largest absolute Gasteiger partial charge is 0.394 e. The molecule has 0 spiro atoms. The lowest BCUT2D eigenvalue weighted by Crippen LogP contribution is -2.46. The highest BCUT2D eigenvalue weighted by molar-refractivity contribution is 5.79. The van der Waals surface area contributed by atoms with Crippen LogP contribution in [-0.2, 0) is 11.2 Å². The van der Waals surface area contributed by atoms with Gasteiger partial charge in [0.2, 0.25) is 5.91 Å². The predicted octanol–water partition coefficient (Wildman–Crippen LogP) is 2.06. The summed E-state index contributed by atoms with van der Waals surface area (Å²) in [5.41, 5.74) is 2.51. The van der Waals surface area contributed by atoms with Gasteiger partial charge in [0.15, 0.2) is 0 Å². The zero-order valence-electron chi connectivity index (χ0n) is 13.9. The quantitative estimate of drug-likeness (QED) is 0.886. The van der Waals surface area contributed by atoms with Crippen molar-refractivity contribution in [3.05, 3.63) is 47.0 Å². The molecule has 6 heteroatoms. The maximum atomic E-state index is 13.0. The highest BCUT2D eigenvalue weighted by atomic mass is 19.1. The minimum absolute atomic E-state index is 0.133. The molecule has 0 saturated carbocycles. The molecular weight excluding hydrogens is 297 g/mol. The summed E-state index contributed by atoms with van der Waals surface area (Å²) in [6, 6.07) is 6.05. The average molecular weight is 319 g/mol. The fourth-order valence-corrected chi connectivity index (χ4v) is 2.39. The van der Waals surface area contributed by atoms with Gasteiger partial charge in [-0.2, -0.15) is 5.10 Å². The Labute approximate surface area is 135 Å². The van der Waals surface area contributed by atoms with E-state index >= 15 is 0 Å². The van der Waals surface area contributed by atoms with Crippen LogP contribution in [0.25, 0.3) is 5.69 Å². The number of nitrogens with zero attached hydrogens (tertiary/aromatic N) is 2. The van der Waals surface area contributed by atoms with Crippen molar-refractivity contribution in [3.8, 4) is 5.69 Å². The summed E-state index contributed by atoms with van der Waals surface area (Å²) in [6.07, 6.45) is 0.183. The number of nitrogens with one attached hydrogen (secondary N) is 1. The van der Waals surface area contributed by atoms with E-state index in [1.165, 1.54) is 12.1 Å². The number of halogens is 1. The van der Waals surface area contributed by atoms with Crippen LogP contribution in [0.2, 0.25) is 0 Å². The average Bonchev–Trinajstić information content (AvgIpc) is 2.76. The van der Waals surface area contributed by atoms with Crippen LogP contribution in [0.5, 0.6) is 0 Å². The van der Waals surface area contributed by atoms with Gasteiger partial charge in [-0.1, -0.05) is 0 Å². The number of aliphatic hydroxyl groups excluding tert-OH is 1. The first-order chi connectivity index (χ1) is 10.7. The Kier molecular flexibility index (Phi) is 4.85. The first kappa shape index (κ1) is 17.1. The molecule has 124 valence electrons. The Hall–Kier alpha value is -2.21. The summed E-state index contributed by atoms with van der Waals surface area (Å²) in [5.74, 6) is -0.477. The summed E-state index contributed by atoms with van der Waals surface area (Å²) in [5, 5.41) is 16.5. The lowest BCUT2D eigenvalue weighted by Gasteiger charge is -2.23. The van der Waals surface area contributed by atoms with E-state index in [1.54, 1.807) is 30.7 Å². The Morgan fingerprint density at radius 3 is 2.48 bits per heavy atom. The Balaban J connectivity index is 2.24. The molecule has 0 aliphatic rings. The number of hydrogen-bond donors (Lipinski definition) is 2. The number of aliphatic hydroxyl groups is 1. The molecule has 0 saturated heterocycles. The van der Waals surface area contributed by atoms with Gasteiger partial charge < -0.3 is 10.4 Å². The minimum atomic E-state index is -0.661. The number of aryl methyl sites for hydroxylation is 1. The number of carbonyl (C=O) groups is 1. The second-order valence-electron chi connectivity index (χ2n) is 6.30. The molecule has 0 fully saturated rings. The molecule has 2 N–H and O–H groups in total. The van der Waals surface area contributed by atoms with Crippen molar-refractivity contribution in [1.29, 1.82) is 0 Å². The molecule has 1 aromatic carbocycles. The smallest absolute Gasteiger partial charge is 0.225 e. The number of carbonyl (C=O) groups excluding carboxylic acids is 1. The van der Waals surface area contributed by atoms with Crippen molar-refractivity contribution in [2.75, 3.05) is 6.61 Å². The molecule has 1 heterocycles. The fourth-order valence-electron chi connectivity index (χ4n) is 2.39. The summed E-state index contributed by atoms with van der Waals surface area (Å²) >= 11 is 0. The first-order valence-electron chi connectivity index (χ1n) is 7.46. The molecule has 0 atom stereocenters. The zero-order chi connectivity index (χ0) is 17.2. The van der Waals surface area contributed by atoms with Gasteiger partial charge >= 0.3 is 0 Å². The van der Waals surface area contributed by atoms with E-state index in [9.17, 15) is 14.3 Å². The fraction of sp³-hybridized carbons (Fsp3) is 0.412.